The summed E-state index contributed by atoms with van der Waals surface area (Å²) in [6, 6.07) is 147. The van der Waals surface area contributed by atoms with Crippen LogP contribution in [0.15, 0.2) is 424 Å². The molecule has 0 unspecified atom stereocenters. The third-order valence-corrected chi connectivity index (χ3v) is 28.5. The lowest BCUT2D eigenvalue weighted by molar-refractivity contribution is 0.722. The Hall–Kier alpha value is -12.3. The fourth-order valence-electron chi connectivity index (χ4n) is 18.6. The van der Waals surface area contributed by atoms with Crippen molar-refractivity contribution in [3.05, 3.63) is 449 Å². The van der Waals surface area contributed by atoms with Crippen LogP contribution in [0.25, 0.3) is 106 Å². The number of rotatable bonds is 7. The molecule has 0 saturated carbocycles. The molecule has 4 heterocycles. The summed E-state index contributed by atoms with van der Waals surface area (Å²) in [5.74, 6) is 0. The first-order valence-corrected chi connectivity index (χ1v) is 42.4. The molecule has 0 saturated heterocycles. The molecule has 0 amide bonds. The maximum atomic E-state index is 3.78. The number of fused-ring (bicyclic) bond motifs is 28. The lowest BCUT2D eigenvalue weighted by atomic mass is 9.67. The van der Waals surface area contributed by atoms with Gasteiger partial charge in [0.1, 0.15) is 0 Å². The van der Waals surface area contributed by atoms with E-state index >= 15 is 0 Å². The summed E-state index contributed by atoms with van der Waals surface area (Å²) >= 11 is 11.3. The van der Waals surface area contributed by atoms with Crippen LogP contribution in [0.3, 0.4) is 0 Å². The second-order valence-corrected chi connectivity index (χ2v) is 34.6. The quantitative estimate of drug-likeness (QED) is 0.171. The monoisotopic (exact) mass is 1570 g/mol. The average molecular weight is 1580 g/mol. The Morgan fingerprint density at radius 3 is 1.19 bits per heavy atom. The van der Waals surface area contributed by atoms with Crippen molar-refractivity contribution in [3.63, 3.8) is 0 Å². The maximum Gasteiger partial charge on any atom is 0.0736 e. The lowest BCUT2D eigenvalue weighted by Crippen LogP contribution is -2.32. The average Bonchev–Trinajstić information content (AvgIpc) is 1.52. The molecule has 7 heteroatoms. The number of nitrogens with one attached hydrogen (secondary N) is 1. The highest BCUT2D eigenvalue weighted by atomic mass is 79.9. The SMILES string of the molecule is Brc1ccc2c(c1)C1(c3ccccc3Sc3ccccc31)c1ccc3ccccc3c1-2.c1ccc(-c2ccc(N(c3ccc4c(c3)C3(c5ccccc5Sc5ccccc53)c3ccc5ccccc5c3-4)c3cccc4sc5ccccc5c34)cc2)cc1.c1ccc(-c2ccc(Nc3cccc4sc5ccccc5c34)cc2)cc1. The molecule has 0 fully saturated rings. The van der Waals surface area contributed by atoms with Crippen LogP contribution >= 0.6 is 62.1 Å². The van der Waals surface area contributed by atoms with Gasteiger partial charge in [-0.15, -0.1) is 22.7 Å². The predicted molar refractivity (Wildman–Crippen MR) is 486 cm³/mol. The van der Waals surface area contributed by atoms with Gasteiger partial charge in [-0.1, -0.05) is 331 Å². The second-order valence-electron chi connectivity index (χ2n) is 29.4. The van der Waals surface area contributed by atoms with Crippen LogP contribution in [-0.2, 0) is 10.8 Å². The molecule has 0 radical (unpaired) electrons. The molecule has 2 aromatic heterocycles. The lowest BCUT2D eigenvalue weighted by Gasteiger charge is -2.40. The highest BCUT2D eigenvalue weighted by Gasteiger charge is 2.53. The minimum Gasteiger partial charge on any atom is -0.355 e. The number of halogens is 1. The summed E-state index contributed by atoms with van der Waals surface area (Å²) in [4.78, 5) is 7.81. The molecule has 2 nitrogen and oxygen atoms in total. The van der Waals surface area contributed by atoms with E-state index in [0.717, 1.165) is 27.2 Å². The van der Waals surface area contributed by atoms with Crippen LogP contribution in [0.1, 0.15) is 44.5 Å². The smallest absolute Gasteiger partial charge is 0.0736 e. The van der Waals surface area contributed by atoms with Gasteiger partial charge in [-0.3, -0.25) is 0 Å². The van der Waals surface area contributed by atoms with E-state index in [1.54, 1.807) is 0 Å². The van der Waals surface area contributed by atoms with Crippen molar-refractivity contribution < 1.29 is 0 Å². The minimum atomic E-state index is -0.493. The van der Waals surface area contributed by atoms with Crippen molar-refractivity contribution in [2.24, 2.45) is 0 Å². The van der Waals surface area contributed by atoms with Crippen molar-refractivity contribution in [1.82, 2.24) is 0 Å². The molecule has 1 N–H and O–H groups in total. The van der Waals surface area contributed by atoms with Gasteiger partial charge < -0.3 is 10.2 Å². The van der Waals surface area contributed by atoms with Gasteiger partial charge >= 0.3 is 0 Å². The van der Waals surface area contributed by atoms with Crippen LogP contribution in [0.5, 0.6) is 0 Å². The first-order chi connectivity index (χ1) is 55.9. The largest absolute Gasteiger partial charge is 0.355 e. The van der Waals surface area contributed by atoms with Gasteiger partial charge in [-0.2, -0.15) is 0 Å². The van der Waals surface area contributed by atoms with Crippen molar-refractivity contribution in [3.8, 4) is 44.5 Å². The van der Waals surface area contributed by atoms with Crippen molar-refractivity contribution >= 4 is 152 Å². The molecule has 24 rings (SSSR count). The standard InChI is InChI=1S/C53H33NS2.C29H17BrS.C24H17NS/c1-2-13-34(14-3-1)35-25-28-37(29-26-35)54(46-20-12-24-50-52(46)41-17-6-9-21-47(41)55-50)38-30-31-40-45(33-38)53(44-32-27-36-15-4-5-16-39(36)51(40)44)42-18-7-10-22-48(42)56-49-23-11-8-19-43(49)53;30-19-14-15-21-25(17-19)29(24-16-13-18-7-1-2-8-20(18)28(21)24)22-9-3-5-11-26(22)31-27-12-6-4-10-23(27)29;1-2-7-17(8-3-1)18-13-15-19(16-14-18)25-21-10-6-12-23-24(21)20-9-4-5-11-22(20)26-23/h1-33H;1-17H;1-16,25H. The normalized spacial score (nSPS) is 13.2. The van der Waals surface area contributed by atoms with Gasteiger partial charge in [0.15, 0.2) is 0 Å². The Bertz CT molecular complexity index is 7090. The molecule has 4 aliphatic rings. The fraction of sp³-hybridized carbons (Fsp3) is 0.0189. The second kappa shape index (κ2) is 27.6. The van der Waals surface area contributed by atoms with E-state index in [-0.39, 0.29) is 5.41 Å². The molecule has 2 aliphatic heterocycles. The van der Waals surface area contributed by atoms with Crippen LogP contribution in [0, 0.1) is 0 Å². The Labute approximate surface area is 681 Å². The zero-order chi connectivity index (χ0) is 74.7. The molecule has 0 atom stereocenters. The Balaban J connectivity index is 0.000000115. The molecule has 0 bridgehead atoms. The number of nitrogens with zero attached hydrogens (tertiary/aromatic N) is 1. The summed E-state index contributed by atoms with van der Waals surface area (Å²) in [6.45, 7) is 0. The molecule has 2 spiro atoms. The van der Waals surface area contributed by atoms with Gasteiger partial charge in [-0.25, -0.2) is 0 Å². The Morgan fingerprint density at radius 2 is 0.664 bits per heavy atom. The summed E-state index contributed by atoms with van der Waals surface area (Å²) in [7, 11) is 0. The number of thiophene rings is 2. The number of hydrogen-bond donors (Lipinski definition) is 1. The van der Waals surface area contributed by atoms with E-state index < -0.39 is 5.41 Å². The van der Waals surface area contributed by atoms with Gasteiger partial charge in [0.2, 0.25) is 0 Å². The molecule has 113 heavy (non-hydrogen) atoms. The fourth-order valence-corrected chi connectivity index (χ4v) is 23.7. The topological polar surface area (TPSA) is 15.3 Å². The molecular formula is C106H67BrN2S4. The first kappa shape index (κ1) is 67.6. The van der Waals surface area contributed by atoms with Gasteiger partial charge in [-0.05, 0) is 220 Å². The van der Waals surface area contributed by atoms with E-state index in [1.807, 2.05) is 52.3 Å². The van der Waals surface area contributed by atoms with Crippen LogP contribution < -0.4 is 10.2 Å². The molecular weight excluding hydrogens is 1510 g/mol. The minimum absolute atomic E-state index is 0.309. The molecule has 20 aromatic rings. The summed E-state index contributed by atoms with van der Waals surface area (Å²) in [6.07, 6.45) is 0. The Morgan fingerprint density at radius 1 is 0.265 bits per heavy atom. The van der Waals surface area contributed by atoms with E-state index in [4.69, 9.17) is 0 Å². The summed E-state index contributed by atoms with van der Waals surface area (Å²) in [5.41, 5.74) is 26.1. The van der Waals surface area contributed by atoms with Gasteiger partial charge in [0.05, 0.1) is 16.5 Å². The van der Waals surface area contributed by atoms with E-state index in [2.05, 4.69) is 420 Å². The summed E-state index contributed by atoms with van der Waals surface area (Å²) < 4.78 is 6.36. The zero-order valence-electron chi connectivity index (χ0n) is 61.1. The third kappa shape index (κ3) is 10.9. The van der Waals surface area contributed by atoms with Crippen molar-refractivity contribution in [2.75, 3.05) is 10.2 Å². The van der Waals surface area contributed by atoms with Crippen LogP contribution in [0.4, 0.5) is 28.4 Å². The van der Waals surface area contributed by atoms with Gasteiger partial charge in [0.25, 0.3) is 0 Å². The zero-order valence-corrected chi connectivity index (χ0v) is 65.9. The Kier molecular flexibility index (Phi) is 16.5. The van der Waals surface area contributed by atoms with Crippen LogP contribution in [-0.4, -0.2) is 0 Å². The number of benzene rings is 18. The molecule has 18 aromatic carbocycles. The highest BCUT2D eigenvalue weighted by Crippen LogP contribution is 2.66. The maximum absolute atomic E-state index is 3.78. The van der Waals surface area contributed by atoms with E-state index in [1.165, 1.54) is 176 Å². The van der Waals surface area contributed by atoms with E-state index in [9.17, 15) is 0 Å². The van der Waals surface area contributed by atoms with Gasteiger partial charge in [0, 0.05) is 87.1 Å². The number of hydrogen-bond acceptors (Lipinski definition) is 6. The van der Waals surface area contributed by atoms with Crippen molar-refractivity contribution in [1.29, 1.82) is 0 Å². The molecule has 2 aliphatic carbocycles. The predicted octanol–water partition coefficient (Wildman–Crippen LogP) is 31.1. The van der Waals surface area contributed by atoms with Crippen LogP contribution in [0.2, 0.25) is 0 Å². The summed E-state index contributed by atoms with van der Waals surface area (Å²) in [5, 5.41) is 14.0. The number of anilines is 5. The van der Waals surface area contributed by atoms with Crippen molar-refractivity contribution in [2.45, 2.75) is 30.4 Å². The first-order valence-electron chi connectivity index (χ1n) is 38.4. The van der Waals surface area contributed by atoms with E-state index in [0.29, 0.717) is 0 Å². The third-order valence-electron chi connectivity index (χ3n) is 23.4. The molecule has 532 valence electrons. The highest BCUT2D eigenvalue weighted by molar-refractivity contribution is 9.10.